The van der Waals surface area contributed by atoms with E-state index in [2.05, 4.69) is 20.4 Å². The van der Waals surface area contributed by atoms with Gasteiger partial charge in [-0.1, -0.05) is 79.7 Å². The fourth-order valence-corrected chi connectivity index (χ4v) is 9.69. The number of benzene rings is 2. The molecule has 0 bridgehead atoms. The van der Waals surface area contributed by atoms with Crippen LogP contribution in [0, 0.1) is 10.8 Å². The zero-order valence-electron chi connectivity index (χ0n) is 48.8. The molecule has 2 N–H and O–H groups in total. The molecule has 2 aromatic carbocycles. The topological polar surface area (TPSA) is 229 Å². The van der Waals surface area contributed by atoms with Crippen molar-refractivity contribution in [2.75, 3.05) is 105 Å². The van der Waals surface area contributed by atoms with E-state index in [1.807, 2.05) is 39.8 Å². The summed E-state index contributed by atoms with van der Waals surface area (Å²) in [6.45, 7) is 21.4. The van der Waals surface area contributed by atoms with Crippen molar-refractivity contribution in [3.8, 4) is 11.5 Å². The summed E-state index contributed by atoms with van der Waals surface area (Å²) in [6, 6.07) is 12.2. The first-order valence-corrected chi connectivity index (χ1v) is 29.1. The van der Waals surface area contributed by atoms with Crippen molar-refractivity contribution in [2.45, 2.75) is 144 Å². The molecule has 80 heavy (non-hydrogen) atoms. The zero-order chi connectivity index (χ0) is 58.2. The summed E-state index contributed by atoms with van der Waals surface area (Å²) in [5, 5.41) is 5.48. The predicted molar refractivity (Wildman–Crippen MR) is 300 cm³/mol. The SMILES string of the molecule is CC.CCC(C)(C)C(=O)C(=O)N1CCCC[C@H]1C(=O)OC(CCN1CCOCC1)c1cccc(OCC(=O)NCCNC(=O)COc2cccc(C(CCN3CCOCC3)OC(=O)[C@@H]3CCCCN3C(=O)C(=O)C(C)(C)CC)c2)c1. The molecule has 0 aromatic heterocycles. The number of nitrogens with zero attached hydrogens (tertiary/aromatic N) is 4. The number of ketones is 2. The Morgan fingerprint density at radius 3 is 1.30 bits per heavy atom. The number of amides is 4. The maximum atomic E-state index is 14.0. The number of esters is 2. The summed E-state index contributed by atoms with van der Waals surface area (Å²) >= 11 is 0. The number of morpholine rings is 2. The van der Waals surface area contributed by atoms with Crippen LogP contribution in [-0.2, 0) is 57.3 Å². The molecule has 0 radical (unpaired) electrons. The third-order valence-electron chi connectivity index (χ3n) is 15.6. The number of Topliss-reactive ketones (excluding diaryl/α,β-unsaturated/α-hetero) is 2. The van der Waals surface area contributed by atoms with Crippen molar-refractivity contribution in [1.29, 1.82) is 0 Å². The van der Waals surface area contributed by atoms with E-state index in [-0.39, 0.29) is 26.3 Å². The first-order valence-electron chi connectivity index (χ1n) is 29.1. The second-order valence-corrected chi connectivity index (χ2v) is 21.9. The molecule has 2 aromatic rings. The van der Waals surface area contributed by atoms with Crippen molar-refractivity contribution in [2.24, 2.45) is 10.8 Å². The monoisotopic (exact) mass is 1120 g/mol. The minimum atomic E-state index is -0.889. The fourth-order valence-electron chi connectivity index (χ4n) is 9.69. The van der Waals surface area contributed by atoms with Crippen molar-refractivity contribution >= 4 is 47.1 Å². The van der Waals surface area contributed by atoms with Gasteiger partial charge in [0.15, 0.2) is 13.2 Å². The van der Waals surface area contributed by atoms with Gasteiger partial charge in [0.1, 0.15) is 35.8 Å². The first-order chi connectivity index (χ1) is 38.4. The second-order valence-electron chi connectivity index (χ2n) is 21.9. The van der Waals surface area contributed by atoms with E-state index in [1.165, 1.54) is 9.80 Å². The van der Waals surface area contributed by atoms with E-state index < -0.39 is 82.3 Å². The molecule has 2 unspecified atom stereocenters. The molecule has 444 valence electrons. The van der Waals surface area contributed by atoms with Crippen LogP contribution in [0.4, 0.5) is 0 Å². The van der Waals surface area contributed by atoms with E-state index in [0.717, 1.165) is 26.2 Å². The quantitative estimate of drug-likeness (QED) is 0.0613. The molecular weight excluding hydrogens is 1030 g/mol. The van der Waals surface area contributed by atoms with Gasteiger partial charge in [0.05, 0.1) is 26.4 Å². The standard InChI is InChI=1S/C58H84N6O14.C2H6/c1-7-57(3,4)51(67)53(69)63-25-11-9-19-45(63)55(71)77-47(21-27-61-29-33-73-34-30-61)41-15-13-17-43(37-41)75-39-49(65)59-23-24-60-50(66)40-76-44-18-14-16-42(38-44)48(22-28-62-31-35-74-36-32-62)78-56(72)46-20-10-12-26-64(46)54(70)52(68)58(5,6)8-2;1-2/h13-18,37-38,45-48H,7-12,19-36,39-40H2,1-6H3,(H,59,65)(H,60,66);1-2H3/t45-,46-,47?,48?;/m0./s1. The predicted octanol–water partition coefficient (Wildman–Crippen LogP) is 5.79. The normalized spacial score (nSPS) is 19.0. The van der Waals surface area contributed by atoms with E-state index in [0.29, 0.717) is 139 Å². The Bertz CT molecular complexity index is 2210. The summed E-state index contributed by atoms with van der Waals surface area (Å²) in [5.74, 6) is -3.61. The average Bonchev–Trinajstić information content (AvgIpc) is 3.49. The van der Waals surface area contributed by atoms with Crippen LogP contribution < -0.4 is 20.1 Å². The Kier molecular flexibility index (Phi) is 26.3. The lowest BCUT2D eigenvalue weighted by atomic mass is 9.84. The van der Waals surface area contributed by atoms with Crippen molar-refractivity contribution in [3.05, 3.63) is 59.7 Å². The fraction of sp³-hybridized carbons (Fsp3) is 0.667. The summed E-state index contributed by atoms with van der Waals surface area (Å²) in [5.41, 5.74) is -0.414. The number of hydrogen-bond donors (Lipinski definition) is 2. The van der Waals surface area contributed by atoms with Gasteiger partial charge >= 0.3 is 11.9 Å². The first kappa shape index (κ1) is 64.9. The van der Waals surface area contributed by atoms with E-state index in [1.54, 1.807) is 64.1 Å². The molecule has 4 saturated heterocycles. The number of ether oxygens (including phenoxy) is 6. The third kappa shape index (κ3) is 19.4. The van der Waals surface area contributed by atoms with Crippen LogP contribution in [-0.4, -0.2) is 184 Å². The van der Waals surface area contributed by atoms with Crippen molar-refractivity contribution in [1.82, 2.24) is 30.2 Å². The average molecular weight is 1120 g/mol. The highest BCUT2D eigenvalue weighted by Gasteiger charge is 2.43. The number of carbonyl (C=O) groups is 8. The number of rotatable bonds is 27. The molecule has 4 heterocycles. The largest absolute Gasteiger partial charge is 0.484 e. The molecular formula is C60H90N6O14. The second kappa shape index (κ2) is 32.5. The Morgan fingerprint density at radius 2 is 0.938 bits per heavy atom. The highest BCUT2D eigenvalue weighted by Crippen LogP contribution is 2.32. The maximum absolute atomic E-state index is 14.0. The molecule has 0 saturated carbocycles. The molecule has 4 atom stereocenters. The number of hydrogen-bond acceptors (Lipinski definition) is 16. The van der Waals surface area contributed by atoms with Crippen molar-refractivity contribution < 1.29 is 66.8 Å². The molecule has 20 heteroatoms. The minimum absolute atomic E-state index is 0.107. The van der Waals surface area contributed by atoms with Crippen LogP contribution >= 0.6 is 0 Å². The van der Waals surface area contributed by atoms with Gasteiger partial charge in [-0.2, -0.15) is 0 Å². The Labute approximate surface area is 473 Å². The molecule has 20 nitrogen and oxygen atoms in total. The molecule has 4 aliphatic rings. The summed E-state index contributed by atoms with van der Waals surface area (Å²) in [6.07, 6.45) is 4.02. The van der Waals surface area contributed by atoms with E-state index >= 15 is 0 Å². The van der Waals surface area contributed by atoms with E-state index in [4.69, 9.17) is 28.4 Å². The van der Waals surface area contributed by atoms with Crippen molar-refractivity contribution in [3.63, 3.8) is 0 Å². The summed E-state index contributed by atoms with van der Waals surface area (Å²) in [4.78, 5) is 114. The van der Waals surface area contributed by atoms with Gasteiger partial charge in [0.25, 0.3) is 23.6 Å². The van der Waals surface area contributed by atoms with Crippen LogP contribution in [0.2, 0.25) is 0 Å². The summed E-state index contributed by atoms with van der Waals surface area (Å²) in [7, 11) is 0. The molecule has 4 aliphatic heterocycles. The third-order valence-corrected chi connectivity index (χ3v) is 15.6. The lowest BCUT2D eigenvalue weighted by Crippen LogP contribution is -2.53. The van der Waals surface area contributed by atoms with Gasteiger partial charge < -0.3 is 48.9 Å². The number of carbonyl (C=O) groups excluding carboxylic acids is 8. The molecule has 4 amide bonds. The number of likely N-dealkylation sites (tertiary alicyclic amines) is 2. The molecule has 0 spiro atoms. The highest BCUT2D eigenvalue weighted by atomic mass is 16.6. The number of nitrogens with one attached hydrogen (secondary N) is 2. The Balaban J connectivity index is 0.00000581. The van der Waals surface area contributed by atoms with E-state index in [9.17, 15) is 38.4 Å². The smallest absolute Gasteiger partial charge is 0.329 e. The van der Waals surface area contributed by atoms with Gasteiger partial charge in [-0.25, -0.2) is 9.59 Å². The van der Waals surface area contributed by atoms with Crippen LogP contribution in [0.15, 0.2) is 48.5 Å². The lowest BCUT2D eigenvalue weighted by molar-refractivity contribution is -0.165. The van der Waals surface area contributed by atoms with Gasteiger partial charge in [-0.3, -0.25) is 38.6 Å². The minimum Gasteiger partial charge on any atom is -0.484 e. The van der Waals surface area contributed by atoms with Gasteiger partial charge in [0.2, 0.25) is 11.6 Å². The van der Waals surface area contributed by atoms with Crippen LogP contribution in [0.25, 0.3) is 0 Å². The van der Waals surface area contributed by atoms with Gasteiger partial charge in [0, 0.05) is 89.1 Å². The maximum Gasteiger partial charge on any atom is 0.329 e. The van der Waals surface area contributed by atoms with Crippen LogP contribution in [0.1, 0.15) is 143 Å². The highest BCUT2D eigenvalue weighted by molar-refractivity contribution is 6.38. The lowest BCUT2D eigenvalue weighted by Gasteiger charge is -2.36. The molecule has 4 fully saturated rings. The summed E-state index contributed by atoms with van der Waals surface area (Å²) < 4.78 is 35.3. The molecule has 0 aliphatic carbocycles. The zero-order valence-corrected chi connectivity index (χ0v) is 48.8. The Morgan fingerprint density at radius 1 is 0.562 bits per heavy atom. The van der Waals surface area contributed by atoms with Gasteiger partial charge in [-0.15, -0.1) is 0 Å². The Hall–Kier alpha value is -5.96. The molecule has 6 rings (SSSR count). The number of piperidine rings is 2. The van der Waals surface area contributed by atoms with Crippen LogP contribution in [0.5, 0.6) is 11.5 Å². The van der Waals surface area contributed by atoms with Gasteiger partial charge in [-0.05, 0) is 86.8 Å². The van der Waals surface area contributed by atoms with Crippen LogP contribution in [0.3, 0.4) is 0 Å².